The molecule has 418 valence electrons. The number of amides is 9. The predicted molar refractivity (Wildman–Crippen MR) is 276 cm³/mol. The lowest BCUT2D eigenvalue weighted by atomic mass is 9.96. The predicted octanol–water partition coefficient (Wildman–Crippen LogP) is -0.243. The quantitative estimate of drug-likeness (QED) is 0.0365. The van der Waals surface area contributed by atoms with Crippen molar-refractivity contribution in [1.82, 2.24) is 42.1 Å². The number of carboxylic acids is 1. The highest BCUT2D eigenvalue weighted by Gasteiger charge is 2.41. The van der Waals surface area contributed by atoms with Crippen molar-refractivity contribution >= 4 is 59.1 Å². The van der Waals surface area contributed by atoms with Crippen LogP contribution in [0.5, 0.6) is 0 Å². The first kappa shape index (κ1) is 65.6. The molecule has 16 N–H and O–H groups in total. The molecule has 1 fully saturated rings. The van der Waals surface area contributed by atoms with Crippen LogP contribution in [-0.4, -0.2) is 143 Å². The van der Waals surface area contributed by atoms with E-state index in [4.69, 9.17) is 22.9 Å². The highest BCUT2D eigenvalue weighted by molar-refractivity contribution is 5.99. The van der Waals surface area contributed by atoms with Crippen LogP contribution in [0.25, 0.3) is 0 Å². The van der Waals surface area contributed by atoms with E-state index in [1.807, 2.05) is 48.5 Å². The largest absolute Gasteiger partial charge is 0.480 e. The maximum Gasteiger partial charge on any atom is 0.326 e. The minimum atomic E-state index is -1.39. The summed E-state index contributed by atoms with van der Waals surface area (Å²) in [5, 5.41) is 28.7. The van der Waals surface area contributed by atoms with Gasteiger partial charge >= 0.3 is 5.97 Å². The van der Waals surface area contributed by atoms with Crippen molar-refractivity contribution in [3.05, 3.63) is 0 Å². The van der Waals surface area contributed by atoms with Gasteiger partial charge in [0, 0.05) is 6.54 Å². The second-order valence-electron chi connectivity index (χ2n) is 21.2. The normalized spacial score (nSPS) is 17.3. The van der Waals surface area contributed by atoms with Crippen LogP contribution in [0.3, 0.4) is 0 Å². The molecule has 0 spiro atoms. The molecule has 1 heterocycles. The monoisotopic (exact) mass is 1040 g/mol. The van der Waals surface area contributed by atoms with Crippen molar-refractivity contribution in [3.63, 3.8) is 0 Å². The number of rotatable bonds is 35. The molecule has 23 heteroatoms. The second kappa shape index (κ2) is 33.4. The molecule has 1 aliphatic rings. The van der Waals surface area contributed by atoms with Crippen LogP contribution < -0.4 is 60.2 Å². The maximum absolute atomic E-state index is 14.2. The summed E-state index contributed by atoms with van der Waals surface area (Å²) in [5.74, 6) is -8.84. The first-order chi connectivity index (χ1) is 34.2. The van der Waals surface area contributed by atoms with Gasteiger partial charge in [-0.15, -0.1) is 0 Å². The highest BCUT2D eigenvalue weighted by Crippen LogP contribution is 2.21. The van der Waals surface area contributed by atoms with Gasteiger partial charge in [0.15, 0.2) is 0 Å². The van der Waals surface area contributed by atoms with Crippen molar-refractivity contribution < 1.29 is 53.1 Å². The van der Waals surface area contributed by atoms with E-state index in [9.17, 15) is 53.1 Å². The number of carbonyl (C=O) groups excluding carboxylic acids is 9. The van der Waals surface area contributed by atoms with E-state index in [-0.39, 0.29) is 56.4 Å². The fourth-order valence-electron chi connectivity index (χ4n) is 8.49. The molecule has 0 aromatic rings. The zero-order valence-corrected chi connectivity index (χ0v) is 45.2. The van der Waals surface area contributed by atoms with Gasteiger partial charge in [-0.2, -0.15) is 0 Å². The Kier molecular flexibility index (Phi) is 30.0. The smallest absolute Gasteiger partial charge is 0.326 e. The summed E-state index contributed by atoms with van der Waals surface area (Å²) in [6.45, 7) is 18.8. The second-order valence-corrected chi connectivity index (χ2v) is 21.2. The number of likely N-dealkylation sites (tertiary alicyclic amines) is 1. The van der Waals surface area contributed by atoms with E-state index < -0.39 is 132 Å². The van der Waals surface area contributed by atoms with Crippen molar-refractivity contribution in [2.45, 2.75) is 207 Å². The van der Waals surface area contributed by atoms with Crippen molar-refractivity contribution in [3.8, 4) is 0 Å². The van der Waals surface area contributed by atoms with Gasteiger partial charge in [-0.05, 0) is 107 Å². The molecule has 0 aromatic heterocycles. The summed E-state index contributed by atoms with van der Waals surface area (Å²) in [6, 6.07) is -10.5. The Morgan fingerprint density at radius 3 is 1.49 bits per heavy atom. The highest BCUT2D eigenvalue weighted by atomic mass is 16.4. The number of unbranched alkanes of at least 4 members (excludes halogenated alkanes) is 2. The molecule has 0 bridgehead atoms. The van der Waals surface area contributed by atoms with E-state index >= 15 is 0 Å². The molecule has 1 saturated heterocycles. The van der Waals surface area contributed by atoms with Crippen LogP contribution in [0.2, 0.25) is 0 Å². The molecule has 0 aromatic carbocycles. The van der Waals surface area contributed by atoms with E-state index in [0.29, 0.717) is 58.0 Å². The average molecular weight is 1040 g/mol. The Bertz CT molecular complexity index is 1830. The fraction of sp³-hybridized carbons (Fsp3) is 0.800. The molecule has 10 atom stereocenters. The van der Waals surface area contributed by atoms with E-state index in [1.165, 1.54) is 4.90 Å². The Hall–Kier alpha value is -5.42. The molecule has 9 amide bonds. The van der Waals surface area contributed by atoms with E-state index in [2.05, 4.69) is 37.2 Å². The molecular formula is C50H92N12O11. The van der Waals surface area contributed by atoms with Gasteiger partial charge in [-0.1, -0.05) is 82.1 Å². The van der Waals surface area contributed by atoms with Gasteiger partial charge in [0.25, 0.3) is 0 Å². The average Bonchev–Trinajstić information content (AvgIpc) is 3.80. The Balaban J connectivity index is 3.39. The third kappa shape index (κ3) is 23.6. The molecular weight excluding hydrogens is 945 g/mol. The van der Waals surface area contributed by atoms with Gasteiger partial charge < -0.3 is 70.2 Å². The first-order valence-electron chi connectivity index (χ1n) is 26.3. The third-order valence-corrected chi connectivity index (χ3v) is 12.8. The molecule has 1 aliphatic heterocycles. The molecule has 73 heavy (non-hydrogen) atoms. The van der Waals surface area contributed by atoms with Gasteiger partial charge in [0.05, 0.1) is 12.5 Å². The van der Waals surface area contributed by atoms with E-state index in [0.717, 1.165) is 0 Å². The SMILES string of the molecule is CC[C@H](C)[C@H](NC(=O)[C@H](CCCCN)NC(=O)[C@H](CC(C)C)NC(=O)[C@H](CC(C)C)NC(=O)[C@@H](NC(=O)[C@@H]1CCCN1C(=O)[C@H](CC(N)=O)NC(=O)[C@@H](N)CCCCN)C(C)C)C(=O)N[C@@H](CC(C)C)C(=O)O. The number of nitrogens with two attached hydrogens (primary N) is 4. The summed E-state index contributed by atoms with van der Waals surface area (Å²) in [4.78, 5) is 136. The molecule has 1 rings (SSSR count). The van der Waals surface area contributed by atoms with Gasteiger partial charge in [-0.25, -0.2) is 4.79 Å². The van der Waals surface area contributed by atoms with Crippen LogP contribution >= 0.6 is 0 Å². The zero-order valence-electron chi connectivity index (χ0n) is 45.2. The number of carboxylic acid groups (broad SMARTS) is 1. The number of nitrogens with zero attached hydrogens (tertiary/aromatic N) is 1. The Morgan fingerprint density at radius 1 is 0.562 bits per heavy atom. The van der Waals surface area contributed by atoms with Gasteiger partial charge in [0.1, 0.15) is 48.3 Å². The lowest BCUT2D eigenvalue weighted by Gasteiger charge is -2.31. The summed E-state index contributed by atoms with van der Waals surface area (Å²) in [7, 11) is 0. The number of carbonyl (C=O) groups is 10. The maximum atomic E-state index is 14.2. The molecule has 0 saturated carbocycles. The van der Waals surface area contributed by atoms with Crippen LogP contribution in [0.4, 0.5) is 0 Å². The Morgan fingerprint density at radius 2 is 1.01 bits per heavy atom. The Labute approximate surface area is 432 Å². The topological polar surface area (TPSA) is 382 Å². The molecule has 23 nitrogen and oxygen atoms in total. The minimum absolute atomic E-state index is 0.0431. The van der Waals surface area contributed by atoms with Gasteiger partial charge in [-0.3, -0.25) is 43.2 Å². The van der Waals surface area contributed by atoms with Crippen LogP contribution in [0.15, 0.2) is 0 Å². The summed E-state index contributed by atoms with van der Waals surface area (Å²) in [5.41, 5.74) is 22.8. The van der Waals surface area contributed by atoms with Gasteiger partial charge in [0.2, 0.25) is 53.2 Å². The van der Waals surface area contributed by atoms with Crippen molar-refractivity contribution in [1.29, 1.82) is 0 Å². The van der Waals surface area contributed by atoms with Crippen LogP contribution in [0.1, 0.15) is 153 Å². The zero-order chi connectivity index (χ0) is 55.7. The number of aliphatic carboxylic acids is 1. The summed E-state index contributed by atoms with van der Waals surface area (Å²) >= 11 is 0. The number of nitrogens with one attached hydrogen (secondary N) is 7. The van der Waals surface area contributed by atoms with E-state index in [1.54, 1.807) is 20.8 Å². The van der Waals surface area contributed by atoms with Crippen molar-refractivity contribution in [2.24, 2.45) is 52.5 Å². The number of hydrogen-bond donors (Lipinski definition) is 12. The standard InChI is InChI=1S/C50H92N12O11/c1-11-31(10)41(48(70)59-37(50(72)73)25-29(6)7)61-43(65)33(18-13-15-21-52)55-44(66)34(23-27(2)3)56-45(67)35(24-28(4)5)57-47(69)40(30(8)9)60-46(68)38-19-16-22-62(38)49(71)36(26-39(54)63)58-42(64)32(53)17-12-14-20-51/h27-38,40-41H,11-26,51-53H2,1-10H3,(H2,54,63)(H,55,66)(H,56,67)(H,57,69)(H,58,64)(H,59,70)(H,60,68)(H,61,65)(H,72,73)/t31-,32-,33-,34-,35-,36-,37-,38-,40-,41-/m0/s1. The third-order valence-electron chi connectivity index (χ3n) is 12.8. The number of primary amides is 1. The summed E-state index contributed by atoms with van der Waals surface area (Å²) < 4.78 is 0. The van der Waals surface area contributed by atoms with Crippen LogP contribution in [0, 0.1) is 29.6 Å². The summed E-state index contributed by atoms with van der Waals surface area (Å²) in [6.07, 6.45) is 3.55. The molecule has 0 radical (unpaired) electrons. The van der Waals surface area contributed by atoms with Crippen molar-refractivity contribution in [2.75, 3.05) is 19.6 Å². The first-order valence-corrected chi connectivity index (χ1v) is 26.3. The van der Waals surface area contributed by atoms with Crippen LogP contribution in [-0.2, 0) is 47.9 Å². The number of hydrogen-bond acceptors (Lipinski definition) is 13. The lowest BCUT2D eigenvalue weighted by molar-refractivity contribution is -0.143. The molecule has 0 aliphatic carbocycles. The lowest BCUT2D eigenvalue weighted by Crippen LogP contribution is -2.61. The molecule has 0 unspecified atom stereocenters. The minimum Gasteiger partial charge on any atom is -0.480 e. The fourth-order valence-corrected chi connectivity index (χ4v) is 8.49.